The number of rotatable bonds is 14. The number of benzene rings is 2. The molecule has 0 amide bonds. The van der Waals surface area contributed by atoms with Crippen LogP contribution < -0.4 is 9.47 Å². The first-order chi connectivity index (χ1) is 21.5. The Kier molecular flexibility index (Phi) is 13.8. The fourth-order valence-corrected chi connectivity index (χ4v) is 5.83. The maximum atomic E-state index is 9.47. The topological polar surface area (TPSA) is 110 Å². The third-order valence-electron chi connectivity index (χ3n) is 8.34. The number of nitrogens with zero attached hydrogens (tertiary/aromatic N) is 2. The normalized spacial score (nSPS) is 18.7. The number of likely N-dealkylation sites (tertiary alicyclic amines) is 2. The molecule has 0 spiro atoms. The van der Waals surface area contributed by atoms with Crippen LogP contribution in [0.4, 0.5) is 0 Å². The van der Waals surface area contributed by atoms with Gasteiger partial charge in [0, 0.05) is 62.2 Å². The van der Waals surface area contributed by atoms with Gasteiger partial charge in [0.2, 0.25) is 0 Å². The Morgan fingerprint density at radius 2 is 1.13 bits per heavy atom. The van der Waals surface area contributed by atoms with Gasteiger partial charge in [0.1, 0.15) is 22.7 Å². The quantitative estimate of drug-likeness (QED) is 0.189. The minimum absolute atomic E-state index is 0. The Labute approximate surface area is 271 Å². The molecule has 45 heavy (non-hydrogen) atoms. The summed E-state index contributed by atoms with van der Waals surface area (Å²) in [7, 11) is 3.35. The monoisotopic (exact) mass is 646 g/mol. The molecule has 248 valence electrons. The van der Waals surface area contributed by atoms with Crippen molar-refractivity contribution in [1.29, 1.82) is 0 Å². The van der Waals surface area contributed by atoms with Crippen LogP contribution in [-0.4, -0.2) is 112 Å². The molecule has 2 aliphatic heterocycles. The fourth-order valence-electron chi connectivity index (χ4n) is 5.83. The maximum Gasteiger partial charge on any atom is 0.137 e. The van der Waals surface area contributed by atoms with Crippen molar-refractivity contribution < 1.29 is 38.0 Å². The molecule has 4 heterocycles. The second-order valence-electron chi connectivity index (χ2n) is 11.5. The van der Waals surface area contributed by atoms with E-state index in [0.717, 1.165) is 110 Å². The lowest BCUT2D eigenvalue weighted by Crippen LogP contribution is -2.26. The number of fused-ring (bicyclic) bond motifs is 2. The Bertz CT molecular complexity index is 1330. The van der Waals surface area contributed by atoms with Crippen molar-refractivity contribution in [2.24, 2.45) is 0 Å². The third-order valence-corrected chi connectivity index (χ3v) is 8.34. The molecule has 2 N–H and O–H groups in total. The molecule has 10 nitrogen and oxygen atoms in total. The van der Waals surface area contributed by atoms with E-state index in [4.69, 9.17) is 27.8 Å². The van der Waals surface area contributed by atoms with Gasteiger partial charge in [-0.05, 0) is 61.1 Å². The summed E-state index contributed by atoms with van der Waals surface area (Å²) in [4.78, 5) is 4.48. The van der Waals surface area contributed by atoms with Gasteiger partial charge < -0.3 is 38.0 Å². The van der Waals surface area contributed by atoms with Crippen LogP contribution >= 0.6 is 12.4 Å². The molecule has 2 saturated heterocycles. The molecule has 4 aromatic rings. The number of aliphatic hydroxyl groups excluding tert-OH is 2. The van der Waals surface area contributed by atoms with Crippen molar-refractivity contribution >= 4 is 34.3 Å². The van der Waals surface area contributed by atoms with Crippen molar-refractivity contribution in [3.05, 3.63) is 60.1 Å². The van der Waals surface area contributed by atoms with Gasteiger partial charge >= 0.3 is 0 Å². The molecule has 2 aromatic heterocycles. The van der Waals surface area contributed by atoms with Crippen LogP contribution in [0.3, 0.4) is 0 Å². The number of methoxy groups -OCH3 is 2. The highest BCUT2D eigenvalue weighted by molar-refractivity contribution is 5.85. The molecular weight excluding hydrogens is 600 g/mol. The molecule has 2 aromatic carbocycles. The first-order valence-electron chi connectivity index (χ1n) is 15.6. The van der Waals surface area contributed by atoms with E-state index in [-0.39, 0.29) is 24.6 Å². The zero-order chi connectivity index (χ0) is 30.7. The van der Waals surface area contributed by atoms with E-state index >= 15 is 0 Å². The van der Waals surface area contributed by atoms with Crippen LogP contribution in [0.5, 0.6) is 11.5 Å². The first kappa shape index (κ1) is 35.0. The molecule has 0 saturated carbocycles. The predicted octanol–water partition coefficient (Wildman–Crippen LogP) is 4.56. The minimum atomic E-state index is -0.161. The molecule has 11 heteroatoms. The highest BCUT2D eigenvalue weighted by Crippen LogP contribution is 2.28. The summed E-state index contributed by atoms with van der Waals surface area (Å²) in [5.41, 5.74) is 3.95. The Morgan fingerprint density at radius 1 is 0.689 bits per heavy atom. The van der Waals surface area contributed by atoms with E-state index in [9.17, 15) is 10.2 Å². The SMILES string of the molecule is COc1cc2occc2cc1CCOCCN1CCC(O)C1.COc1cc2occc2cc1CCOCCN1CCC(O)C1.Cl. The molecule has 2 atom stereocenters. The van der Waals surface area contributed by atoms with E-state index in [1.54, 1.807) is 26.7 Å². The van der Waals surface area contributed by atoms with Crippen LogP contribution in [0.2, 0.25) is 0 Å². The van der Waals surface area contributed by atoms with Crippen LogP contribution in [-0.2, 0) is 22.3 Å². The Balaban J connectivity index is 0.000000200. The minimum Gasteiger partial charge on any atom is -0.496 e. The third kappa shape index (κ3) is 10.1. The highest BCUT2D eigenvalue weighted by Gasteiger charge is 2.20. The molecule has 6 rings (SSSR count). The number of halogens is 1. The number of β-amino-alcohol motifs (C(OH)–C–C–N with tert-alkyl or cyclic N) is 2. The van der Waals surface area contributed by atoms with E-state index < -0.39 is 0 Å². The zero-order valence-electron chi connectivity index (χ0n) is 26.3. The Morgan fingerprint density at radius 3 is 1.51 bits per heavy atom. The van der Waals surface area contributed by atoms with Crippen molar-refractivity contribution in [2.45, 2.75) is 37.9 Å². The van der Waals surface area contributed by atoms with Crippen LogP contribution in [0.25, 0.3) is 21.9 Å². The highest BCUT2D eigenvalue weighted by atomic mass is 35.5. The predicted molar refractivity (Wildman–Crippen MR) is 176 cm³/mol. The number of furan rings is 2. The molecular formula is C34H47ClN2O8. The largest absolute Gasteiger partial charge is 0.496 e. The van der Waals surface area contributed by atoms with Crippen molar-refractivity contribution in [3.63, 3.8) is 0 Å². The van der Waals surface area contributed by atoms with Gasteiger partial charge in [-0.3, -0.25) is 9.80 Å². The van der Waals surface area contributed by atoms with Crippen LogP contribution in [0.15, 0.2) is 57.8 Å². The molecule has 0 radical (unpaired) electrons. The first-order valence-corrected chi connectivity index (χ1v) is 15.6. The smallest absolute Gasteiger partial charge is 0.137 e. The standard InChI is InChI=1S/2C17H23NO4.ClH/c2*1-20-16-11-17-14(4-8-22-17)10-13(16)3-7-21-9-6-18-5-2-15(19)12-18;/h2*4,8,10-11,15,19H,2-3,5-7,9,12H2,1H3;1H. The van der Waals surface area contributed by atoms with Gasteiger partial charge in [-0.1, -0.05) is 0 Å². The zero-order valence-corrected chi connectivity index (χ0v) is 27.1. The number of hydrogen-bond donors (Lipinski definition) is 2. The van der Waals surface area contributed by atoms with E-state index in [1.165, 1.54) is 0 Å². The maximum absolute atomic E-state index is 9.47. The molecule has 2 unspecified atom stereocenters. The van der Waals surface area contributed by atoms with Crippen molar-refractivity contribution in [3.8, 4) is 11.5 Å². The van der Waals surface area contributed by atoms with Gasteiger partial charge in [0.15, 0.2) is 0 Å². The van der Waals surface area contributed by atoms with E-state index in [2.05, 4.69) is 21.9 Å². The number of hydrogen-bond acceptors (Lipinski definition) is 10. The van der Waals surface area contributed by atoms with Gasteiger partial charge in [0.25, 0.3) is 0 Å². The summed E-state index contributed by atoms with van der Waals surface area (Å²) in [6, 6.07) is 12.0. The molecule has 2 aliphatic rings. The molecule has 0 bridgehead atoms. The summed E-state index contributed by atoms with van der Waals surface area (Å²) in [5, 5.41) is 21.1. The second kappa shape index (κ2) is 17.8. The lowest BCUT2D eigenvalue weighted by Gasteiger charge is -2.15. The summed E-state index contributed by atoms with van der Waals surface area (Å²) in [6.45, 7) is 7.97. The van der Waals surface area contributed by atoms with E-state index in [0.29, 0.717) is 26.4 Å². The lowest BCUT2D eigenvalue weighted by molar-refractivity contribution is 0.106. The average Bonchev–Trinajstić information content (AvgIpc) is 3.84. The van der Waals surface area contributed by atoms with E-state index in [1.807, 2.05) is 24.3 Å². The van der Waals surface area contributed by atoms with Crippen molar-refractivity contribution in [2.75, 3.05) is 79.9 Å². The summed E-state index contributed by atoms with van der Waals surface area (Å²) < 4.78 is 33.1. The average molecular weight is 647 g/mol. The van der Waals surface area contributed by atoms with Crippen LogP contribution in [0, 0.1) is 0 Å². The summed E-state index contributed by atoms with van der Waals surface area (Å²) >= 11 is 0. The van der Waals surface area contributed by atoms with Gasteiger partial charge in [0.05, 0.1) is 65.4 Å². The molecule has 0 aliphatic carbocycles. The van der Waals surface area contributed by atoms with Gasteiger partial charge in [-0.25, -0.2) is 0 Å². The van der Waals surface area contributed by atoms with Gasteiger partial charge in [-0.15, -0.1) is 12.4 Å². The lowest BCUT2D eigenvalue weighted by atomic mass is 10.1. The second-order valence-corrected chi connectivity index (χ2v) is 11.5. The Hall–Kier alpha value is -2.83. The fraction of sp³-hybridized carbons (Fsp3) is 0.529. The van der Waals surface area contributed by atoms with Crippen LogP contribution in [0.1, 0.15) is 24.0 Å². The summed E-state index contributed by atoms with van der Waals surface area (Å²) in [6.07, 6.45) is 6.44. The molecule has 2 fully saturated rings. The van der Waals surface area contributed by atoms with Crippen molar-refractivity contribution in [1.82, 2.24) is 9.80 Å². The van der Waals surface area contributed by atoms with Gasteiger partial charge in [-0.2, -0.15) is 0 Å². The number of aliphatic hydroxyl groups is 2. The number of ether oxygens (including phenoxy) is 4. The summed E-state index contributed by atoms with van der Waals surface area (Å²) in [5.74, 6) is 1.68.